The van der Waals surface area contributed by atoms with Crippen molar-refractivity contribution in [3.8, 4) is 11.8 Å². The van der Waals surface area contributed by atoms with Crippen LogP contribution in [0.3, 0.4) is 0 Å². The zero-order valence-electron chi connectivity index (χ0n) is 25.4. The van der Waals surface area contributed by atoms with E-state index in [4.69, 9.17) is 10.00 Å². The largest absolute Gasteiger partial charge is 0.497 e. The quantitative estimate of drug-likeness (QED) is 0.303. The highest BCUT2D eigenvalue weighted by atomic mass is 19.1. The minimum absolute atomic E-state index is 0.0507. The maximum Gasteiger partial charge on any atom is 0.141 e. The van der Waals surface area contributed by atoms with Crippen molar-refractivity contribution in [2.45, 2.75) is 86.6 Å². The second kappa shape index (κ2) is 17.4. The number of nitrogens with zero attached hydrogens (tertiary/aromatic N) is 3. The van der Waals surface area contributed by atoms with Gasteiger partial charge < -0.3 is 4.74 Å². The lowest BCUT2D eigenvalue weighted by Gasteiger charge is -2.32. The standard InChI is InChI=1S/C19H18FN3O.C12H24O.C2H6/c1-13-10-19(14-4-5-15(12-21)18(20)11-14)23(22(13)2)16-6-8-17(24-3)9-7-16;1-5-7-11(12(13)6-2)9-8-10(3)4;1-2/h4-11,13H,1-3H3;10-11H,5-9H2,1-4H3;1-2H3. The van der Waals surface area contributed by atoms with E-state index in [1.165, 1.54) is 18.6 Å². The zero-order chi connectivity index (χ0) is 29.5. The van der Waals surface area contributed by atoms with Gasteiger partial charge in [0.15, 0.2) is 0 Å². The monoisotopic (exact) mass is 537 g/mol. The Morgan fingerprint density at radius 1 is 1.08 bits per heavy atom. The second-order valence-corrected chi connectivity index (χ2v) is 9.96. The summed E-state index contributed by atoms with van der Waals surface area (Å²) in [4.78, 5) is 11.5. The van der Waals surface area contributed by atoms with Crippen molar-refractivity contribution in [1.82, 2.24) is 5.01 Å². The average Bonchev–Trinajstić information content (AvgIpc) is 3.25. The van der Waals surface area contributed by atoms with E-state index in [2.05, 4.69) is 38.8 Å². The van der Waals surface area contributed by atoms with E-state index in [1.807, 2.05) is 63.2 Å². The molecule has 1 aliphatic rings. The van der Waals surface area contributed by atoms with Gasteiger partial charge in [-0.2, -0.15) is 5.26 Å². The van der Waals surface area contributed by atoms with Crippen LogP contribution in [0.4, 0.5) is 10.1 Å². The van der Waals surface area contributed by atoms with Crippen LogP contribution in [-0.2, 0) is 4.79 Å². The lowest BCUT2D eigenvalue weighted by atomic mass is 9.89. The molecule has 2 aromatic rings. The number of hydrogen-bond acceptors (Lipinski definition) is 5. The van der Waals surface area contributed by atoms with Crippen LogP contribution in [0, 0.1) is 29.0 Å². The van der Waals surface area contributed by atoms with Crippen molar-refractivity contribution in [1.29, 1.82) is 5.26 Å². The number of carbonyl (C=O) groups excluding carboxylic acids is 1. The molecule has 2 unspecified atom stereocenters. The van der Waals surface area contributed by atoms with Crippen LogP contribution in [0.1, 0.15) is 91.7 Å². The summed E-state index contributed by atoms with van der Waals surface area (Å²) in [6.45, 7) is 14.6. The molecule has 0 fully saturated rings. The highest BCUT2D eigenvalue weighted by molar-refractivity contribution is 5.81. The first-order chi connectivity index (χ1) is 18.7. The van der Waals surface area contributed by atoms with Crippen LogP contribution in [0.15, 0.2) is 48.5 Å². The molecule has 0 aromatic heterocycles. The van der Waals surface area contributed by atoms with Crippen molar-refractivity contribution in [3.05, 3.63) is 65.5 Å². The number of carbonyl (C=O) groups is 1. The first-order valence-electron chi connectivity index (χ1n) is 14.3. The molecule has 2 aromatic carbocycles. The molecule has 2 atom stereocenters. The highest BCUT2D eigenvalue weighted by Gasteiger charge is 2.29. The second-order valence-electron chi connectivity index (χ2n) is 9.96. The minimum Gasteiger partial charge on any atom is -0.497 e. The summed E-state index contributed by atoms with van der Waals surface area (Å²) >= 11 is 0. The number of methoxy groups -OCH3 is 1. The van der Waals surface area contributed by atoms with Crippen LogP contribution in [0.2, 0.25) is 0 Å². The number of hydrogen-bond donors (Lipinski definition) is 0. The van der Waals surface area contributed by atoms with Crippen LogP contribution in [0.5, 0.6) is 5.75 Å². The van der Waals surface area contributed by atoms with E-state index in [1.54, 1.807) is 13.2 Å². The predicted octanol–water partition coefficient (Wildman–Crippen LogP) is 8.65. The number of likely N-dealkylation sites (N-methyl/N-ethyl adjacent to an activating group) is 1. The van der Waals surface area contributed by atoms with Crippen molar-refractivity contribution in [3.63, 3.8) is 0 Å². The van der Waals surface area contributed by atoms with E-state index in [-0.39, 0.29) is 11.6 Å². The van der Waals surface area contributed by atoms with E-state index in [9.17, 15) is 9.18 Å². The molecule has 6 heteroatoms. The topological polar surface area (TPSA) is 56.6 Å². The Kier molecular flexibility index (Phi) is 15.1. The van der Waals surface area contributed by atoms with Gasteiger partial charge in [-0.1, -0.05) is 60.5 Å². The number of Topliss-reactive ketones (excluding diaryl/α,β-unsaturated/α-hetero) is 1. The molecule has 0 bridgehead atoms. The first kappa shape index (κ1) is 33.9. The SMILES string of the molecule is CC.CCCC(CCC(C)C)C(=O)CC.COc1ccc(N2C(c3ccc(C#N)c(F)c3)=CC(C)N2C)cc1. The molecule has 39 heavy (non-hydrogen) atoms. The molecule has 1 heterocycles. The molecular weight excluding hydrogens is 489 g/mol. The average molecular weight is 538 g/mol. The van der Waals surface area contributed by atoms with E-state index >= 15 is 0 Å². The van der Waals surface area contributed by atoms with Gasteiger partial charge >= 0.3 is 0 Å². The fourth-order valence-electron chi connectivity index (χ4n) is 4.43. The molecule has 1 aliphatic heterocycles. The normalized spacial score (nSPS) is 15.4. The minimum atomic E-state index is -0.507. The van der Waals surface area contributed by atoms with Gasteiger partial charge in [0.05, 0.1) is 24.1 Å². The summed E-state index contributed by atoms with van der Waals surface area (Å²) in [5.74, 6) is 1.81. The Balaban J connectivity index is 0.000000433. The molecule has 0 N–H and O–H groups in total. The molecular formula is C33H48FN3O2. The molecule has 0 spiro atoms. The first-order valence-corrected chi connectivity index (χ1v) is 14.3. The fraction of sp³-hybridized carbons (Fsp3) is 0.515. The Morgan fingerprint density at radius 3 is 2.21 bits per heavy atom. The highest BCUT2D eigenvalue weighted by Crippen LogP contribution is 2.35. The molecule has 5 nitrogen and oxygen atoms in total. The van der Waals surface area contributed by atoms with Gasteiger partial charge in [0.2, 0.25) is 0 Å². The van der Waals surface area contributed by atoms with E-state index in [0.29, 0.717) is 18.1 Å². The summed E-state index contributed by atoms with van der Waals surface area (Å²) in [5, 5.41) is 13.0. The summed E-state index contributed by atoms with van der Waals surface area (Å²) in [7, 11) is 3.61. The number of rotatable bonds is 10. The van der Waals surface area contributed by atoms with Crippen molar-refractivity contribution in [2.24, 2.45) is 11.8 Å². The van der Waals surface area contributed by atoms with Gasteiger partial charge in [0.25, 0.3) is 0 Å². The lowest BCUT2D eigenvalue weighted by molar-refractivity contribution is -0.123. The molecule has 0 aliphatic carbocycles. The zero-order valence-corrected chi connectivity index (χ0v) is 25.4. The number of benzene rings is 2. The summed E-state index contributed by atoms with van der Waals surface area (Å²) in [6, 6.07) is 14.4. The van der Waals surface area contributed by atoms with Gasteiger partial charge in [0, 0.05) is 31.0 Å². The van der Waals surface area contributed by atoms with Gasteiger partial charge in [-0.15, -0.1) is 0 Å². The Bertz CT molecular complexity index is 1090. The maximum atomic E-state index is 14.0. The molecule has 0 saturated carbocycles. The fourth-order valence-corrected chi connectivity index (χ4v) is 4.43. The smallest absolute Gasteiger partial charge is 0.141 e. The predicted molar refractivity (Wildman–Crippen MR) is 161 cm³/mol. The van der Waals surface area contributed by atoms with Gasteiger partial charge in [0.1, 0.15) is 23.4 Å². The molecule has 3 rings (SSSR count). The summed E-state index contributed by atoms with van der Waals surface area (Å²) in [6.07, 6.45) is 7.29. The molecule has 0 saturated heterocycles. The molecule has 0 amide bonds. The van der Waals surface area contributed by atoms with E-state index < -0.39 is 5.82 Å². The van der Waals surface area contributed by atoms with Gasteiger partial charge in [-0.05, 0) is 68.2 Å². The van der Waals surface area contributed by atoms with E-state index in [0.717, 1.165) is 47.9 Å². The van der Waals surface area contributed by atoms with Crippen LogP contribution in [-0.4, -0.2) is 31.0 Å². The number of ketones is 1. The summed E-state index contributed by atoms with van der Waals surface area (Å²) < 4.78 is 19.2. The molecule has 0 radical (unpaired) electrons. The third kappa shape index (κ3) is 9.82. The Labute approximate surface area is 236 Å². The van der Waals surface area contributed by atoms with Crippen LogP contribution < -0.4 is 9.75 Å². The third-order valence-corrected chi connectivity index (χ3v) is 6.77. The Morgan fingerprint density at radius 2 is 1.72 bits per heavy atom. The summed E-state index contributed by atoms with van der Waals surface area (Å²) in [5.41, 5.74) is 2.63. The van der Waals surface area contributed by atoms with Crippen LogP contribution >= 0.6 is 0 Å². The number of anilines is 1. The third-order valence-electron chi connectivity index (χ3n) is 6.77. The van der Waals surface area contributed by atoms with Crippen molar-refractivity contribution < 1.29 is 13.9 Å². The number of nitriles is 1. The van der Waals surface area contributed by atoms with Crippen molar-refractivity contribution in [2.75, 3.05) is 19.2 Å². The van der Waals surface area contributed by atoms with Gasteiger partial charge in [-0.25, -0.2) is 9.40 Å². The number of ether oxygens (including phenoxy) is 1. The van der Waals surface area contributed by atoms with Gasteiger partial charge in [-0.3, -0.25) is 9.80 Å². The lowest BCUT2D eigenvalue weighted by Crippen LogP contribution is -2.37. The number of halogens is 1. The molecule has 214 valence electrons. The Hall–Kier alpha value is -3.17. The number of hydrazine groups is 1. The van der Waals surface area contributed by atoms with Crippen molar-refractivity contribution >= 4 is 17.2 Å². The maximum absolute atomic E-state index is 14.0. The van der Waals surface area contributed by atoms with Crippen LogP contribution in [0.25, 0.3) is 5.70 Å².